The minimum absolute atomic E-state index is 0.565. The van der Waals surface area contributed by atoms with Crippen molar-refractivity contribution in [3.8, 4) is 17.2 Å². The Morgan fingerprint density at radius 3 is 2.48 bits per heavy atom. The van der Waals surface area contributed by atoms with E-state index in [1.54, 1.807) is 32.6 Å². The van der Waals surface area contributed by atoms with Gasteiger partial charge in [-0.1, -0.05) is 29.3 Å². The van der Waals surface area contributed by atoms with Gasteiger partial charge in [-0.2, -0.15) is 5.10 Å². The summed E-state index contributed by atoms with van der Waals surface area (Å²) in [5.41, 5.74) is 8.04. The molecule has 0 unspecified atom stereocenters. The van der Waals surface area contributed by atoms with Gasteiger partial charge in [0.1, 0.15) is 0 Å². The molecular weight excluding hydrogens is 409 g/mol. The number of aromatic nitrogens is 1. The second-order valence-electron chi connectivity index (χ2n) is 6.54. The van der Waals surface area contributed by atoms with E-state index in [0.717, 1.165) is 28.2 Å². The highest BCUT2D eigenvalue weighted by Gasteiger charge is 2.12. The highest BCUT2D eigenvalue weighted by molar-refractivity contribution is 6.34. The van der Waals surface area contributed by atoms with Crippen LogP contribution in [0, 0.1) is 13.8 Å². The average Bonchev–Trinajstić information content (AvgIpc) is 3.00. The van der Waals surface area contributed by atoms with Gasteiger partial charge in [0.2, 0.25) is 0 Å². The molecule has 0 spiro atoms. The molecule has 7 heteroatoms. The summed E-state index contributed by atoms with van der Waals surface area (Å²) in [5, 5.41) is 5.65. The first-order chi connectivity index (χ1) is 13.9. The van der Waals surface area contributed by atoms with E-state index in [1.807, 2.05) is 38.1 Å². The van der Waals surface area contributed by atoms with Crippen molar-refractivity contribution < 1.29 is 9.47 Å². The van der Waals surface area contributed by atoms with Gasteiger partial charge in [0.15, 0.2) is 11.5 Å². The number of hydrogen-bond donors (Lipinski definition) is 1. The molecule has 1 N–H and O–H groups in total. The molecule has 29 heavy (non-hydrogen) atoms. The first kappa shape index (κ1) is 21.1. The summed E-state index contributed by atoms with van der Waals surface area (Å²) in [5.74, 6) is 1.39. The Hall–Kier alpha value is -2.63. The van der Waals surface area contributed by atoms with Gasteiger partial charge in [0, 0.05) is 22.0 Å². The molecule has 2 aromatic carbocycles. The Kier molecular flexibility index (Phi) is 6.72. The number of aryl methyl sites for hydroxylation is 1. The van der Waals surface area contributed by atoms with Crippen LogP contribution in [0.5, 0.6) is 11.5 Å². The number of ether oxygens (including phenoxy) is 2. The molecule has 5 nitrogen and oxygen atoms in total. The summed E-state index contributed by atoms with van der Waals surface area (Å²) >= 11 is 12.5. The number of methoxy groups -OCH3 is 2. The summed E-state index contributed by atoms with van der Waals surface area (Å²) in [6.45, 7) is 4.62. The number of benzene rings is 2. The van der Waals surface area contributed by atoms with Gasteiger partial charge in [-0.3, -0.25) is 0 Å². The second kappa shape index (κ2) is 9.25. The zero-order valence-corrected chi connectivity index (χ0v) is 18.3. The number of rotatable bonds is 7. The van der Waals surface area contributed by atoms with Crippen LogP contribution in [0.3, 0.4) is 0 Å². The predicted molar refractivity (Wildman–Crippen MR) is 119 cm³/mol. The number of hydrogen-bond acceptors (Lipinski definition) is 4. The van der Waals surface area contributed by atoms with Crippen molar-refractivity contribution in [2.75, 3.05) is 14.2 Å². The van der Waals surface area contributed by atoms with Crippen LogP contribution in [0.2, 0.25) is 10.0 Å². The number of nitrogens with one attached hydrogen (secondary N) is 1. The number of nitrogens with zero attached hydrogens (tertiary/aromatic N) is 2. The highest BCUT2D eigenvalue weighted by Crippen LogP contribution is 2.29. The molecule has 0 bridgehead atoms. The third-order valence-corrected chi connectivity index (χ3v) is 5.20. The van der Waals surface area contributed by atoms with Crippen LogP contribution in [0.25, 0.3) is 5.69 Å². The van der Waals surface area contributed by atoms with Crippen molar-refractivity contribution in [2.24, 2.45) is 5.10 Å². The van der Waals surface area contributed by atoms with E-state index in [9.17, 15) is 0 Å². The first-order valence-corrected chi connectivity index (χ1v) is 9.81. The van der Waals surface area contributed by atoms with Gasteiger partial charge in [0.05, 0.1) is 37.7 Å². The van der Waals surface area contributed by atoms with E-state index in [1.165, 1.54) is 0 Å². The molecule has 0 radical (unpaired) electrons. The molecule has 1 heterocycles. The molecule has 3 rings (SSSR count). The van der Waals surface area contributed by atoms with E-state index in [-0.39, 0.29) is 0 Å². The third kappa shape index (κ3) is 4.69. The molecular formula is C22H23Cl2N3O2. The lowest BCUT2D eigenvalue weighted by atomic mass is 10.2. The summed E-state index contributed by atoms with van der Waals surface area (Å²) < 4.78 is 12.7. The van der Waals surface area contributed by atoms with E-state index in [4.69, 9.17) is 32.7 Å². The van der Waals surface area contributed by atoms with Crippen LogP contribution in [0.1, 0.15) is 22.5 Å². The summed E-state index contributed by atoms with van der Waals surface area (Å²) in [6, 6.07) is 13.3. The monoisotopic (exact) mass is 431 g/mol. The van der Waals surface area contributed by atoms with Crippen LogP contribution in [0.15, 0.2) is 47.6 Å². The Balaban J connectivity index is 1.74. The normalized spacial score (nSPS) is 11.1. The van der Waals surface area contributed by atoms with Gasteiger partial charge in [-0.15, -0.1) is 0 Å². The minimum Gasteiger partial charge on any atom is -0.493 e. The van der Waals surface area contributed by atoms with Crippen LogP contribution in [-0.2, 0) is 6.54 Å². The van der Waals surface area contributed by atoms with Crippen LogP contribution in [-0.4, -0.2) is 25.0 Å². The van der Waals surface area contributed by atoms with E-state index < -0.39 is 0 Å². The maximum Gasteiger partial charge on any atom is 0.161 e. The van der Waals surface area contributed by atoms with Gasteiger partial charge >= 0.3 is 0 Å². The topological polar surface area (TPSA) is 47.8 Å². The maximum absolute atomic E-state index is 6.38. The smallest absolute Gasteiger partial charge is 0.161 e. The molecule has 0 saturated heterocycles. The molecule has 0 aliphatic rings. The fourth-order valence-electron chi connectivity index (χ4n) is 3.19. The van der Waals surface area contributed by atoms with E-state index in [2.05, 4.69) is 21.2 Å². The first-order valence-electron chi connectivity index (χ1n) is 9.05. The molecule has 0 fully saturated rings. The second-order valence-corrected chi connectivity index (χ2v) is 7.38. The van der Waals surface area contributed by atoms with Crippen LogP contribution >= 0.6 is 23.2 Å². The average molecular weight is 432 g/mol. The fourth-order valence-corrected chi connectivity index (χ4v) is 3.56. The maximum atomic E-state index is 6.38. The zero-order chi connectivity index (χ0) is 21.0. The molecule has 0 aliphatic carbocycles. The van der Waals surface area contributed by atoms with Gasteiger partial charge < -0.3 is 19.5 Å². The zero-order valence-electron chi connectivity index (χ0n) is 16.8. The van der Waals surface area contributed by atoms with Crippen molar-refractivity contribution in [2.45, 2.75) is 20.4 Å². The molecule has 1 aromatic heterocycles. The lowest BCUT2D eigenvalue weighted by Crippen LogP contribution is -2.06. The van der Waals surface area contributed by atoms with Crippen molar-refractivity contribution in [1.82, 2.24) is 9.99 Å². The minimum atomic E-state index is 0.565. The number of halogens is 2. The Labute approximate surface area is 180 Å². The predicted octanol–water partition coefficient (Wildman–Crippen LogP) is 5.54. The Morgan fingerprint density at radius 2 is 1.76 bits per heavy atom. The van der Waals surface area contributed by atoms with E-state index in [0.29, 0.717) is 28.1 Å². The molecule has 3 aromatic rings. The lowest BCUT2D eigenvalue weighted by Gasteiger charge is -2.12. The van der Waals surface area contributed by atoms with Crippen molar-refractivity contribution in [3.05, 3.63) is 75.0 Å². The number of hydrazone groups is 1. The van der Waals surface area contributed by atoms with E-state index >= 15 is 0 Å². The third-order valence-electron chi connectivity index (χ3n) is 4.65. The highest BCUT2D eigenvalue weighted by atomic mass is 35.5. The SMILES string of the molecule is COc1ccc(CN/N=C\c2cc(C)n(-c3cc(Cl)ccc3Cl)c2C)cc1OC. The Bertz CT molecular complexity index is 1040. The molecule has 0 aliphatic heterocycles. The van der Waals surface area contributed by atoms with Crippen LogP contribution < -0.4 is 14.9 Å². The van der Waals surface area contributed by atoms with Crippen molar-refractivity contribution >= 4 is 29.4 Å². The summed E-state index contributed by atoms with van der Waals surface area (Å²) in [4.78, 5) is 0. The molecule has 0 atom stereocenters. The van der Waals surface area contributed by atoms with Crippen molar-refractivity contribution in [3.63, 3.8) is 0 Å². The lowest BCUT2D eigenvalue weighted by molar-refractivity contribution is 0.354. The largest absolute Gasteiger partial charge is 0.493 e. The Morgan fingerprint density at radius 1 is 1.00 bits per heavy atom. The summed E-state index contributed by atoms with van der Waals surface area (Å²) in [6.07, 6.45) is 1.80. The fraction of sp³-hybridized carbons (Fsp3) is 0.227. The van der Waals surface area contributed by atoms with Gasteiger partial charge in [-0.05, 0) is 55.8 Å². The van der Waals surface area contributed by atoms with Crippen LogP contribution in [0.4, 0.5) is 0 Å². The standard InChI is InChI=1S/C22H23Cl2N3O2/c1-14-9-17(15(2)27(14)20-11-18(23)6-7-19(20)24)13-26-25-12-16-5-8-21(28-3)22(10-16)29-4/h5-11,13,25H,12H2,1-4H3/b26-13-. The van der Waals surface area contributed by atoms with Gasteiger partial charge in [0.25, 0.3) is 0 Å². The van der Waals surface area contributed by atoms with Crippen molar-refractivity contribution in [1.29, 1.82) is 0 Å². The quantitative estimate of drug-likeness (QED) is 0.394. The van der Waals surface area contributed by atoms with Gasteiger partial charge in [-0.25, -0.2) is 0 Å². The molecule has 0 amide bonds. The molecule has 152 valence electrons. The molecule has 0 saturated carbocycles. The summed E-state index contributed by atoms with van der Waals surface area (Å²) in [7, 11) is 3.24.